The zero-order valence-corrected chi connectivity index (χ0v) is 14.5. The van der Waals surface area contributed by atoms with E-state index in [1.54, 1.807) is 18.0 Å². The Morgan fingerprint density at radius 1 is 1.35 bits per heavy atom. The molecular formula is C16H22N4O2S. The lowest BCUT2D eigenvalue weighted by molar-refractivity contribution is 0.311. The van der Waals surface area contributed by atoms with E-state index in [0.717, 1.165) is 36.4 Å². The first-order valence-corrected chi connectivity index (χ1v) is 8.11. The van der Waals surface area contributed by atoms with E-state index in [9.17, 15) is 0 Å². The molecule has 0 saturated carbocycles. The van der Waals surface area contributed by atoms with Crippen molar-refractivity contribution < 1.29 is 9.47 Å². The summed E-state index contributed by atoms with van der Waals surface area (Å²) in [6.07, 6.45) is 4.72. The van der Waals surface area contributed by atoms with Crippen LogP contribution in [0, 0.1) is 4.77 Å². The molecule has 0 unspecified atom stereocenters. The van der Waals surface area contributed by atoms with Crippen molar-refractivity contribution in [1.29, 1.82) is 0 Å². The van der Waals surface area contributed by atoms with Gasteiger partial charge in [-0.2, -0.15) is 14.9 Å². The first kappa shape index (κ1) is 17.2. The third-order valence-electron chi connectivity index (χ3n) is 3.28. The standard InChI is InChI=1S/C16H22N4O2S/c1-4-6-7-15-18-19-16(23)20(15)17-11-12-8-9-13(22-5-2)14(10-12)21-3/h8-11H,4-7H2,1-3H3,(H,19,23)/b17-11-. The summed E-state index contributed by atoms with van der Waals surface area (Å²) in [5, 5.41) is 11.5. The minimum Gasteiger partial charge on any atom is -0.493 e. The number of methoxy groups -OCH3 is 1. The van der Waals surface area contributed by atoms with E-state index in [1.165, 1.54) is 0 Å². The van der Waals surface area contributed by atoms with Gasteiger partial charge in [-0.25, -0.2) is 0 Å². The number of nitrogens with zero attached hydrogens (tertiary/aromatic N) is 3. The van der Waals surface area contributed by atoms with E-state index in [4.69, 9.17) is 21.7 Å². The first-order valence-electron chi connectivity index (χ1n) is 7.71. The Labute approximate surface area is 141 Å². The van der Waals surface area contributed by atoms with Gasteiger partial charge in [0, 0.05) is 6.42 Å². The van der Waals surface area contributed by atoms with Crippen LogP contribution in [-0.2, 0) is 6.42 Å². The molecule has 1 N–H and O–H groups in total. The molecule has 0 spiro atoms. The number of ether oxygens (including phenoxy) is 2. The van der Waals surface area contributed by atoms with Crippen molar-refractivity contribution in [3.8, 4) is 11.5 Å². The minimum absolute atomic E-state index is 0.491. The third-order valence-corrected chi connectivity index (χ3v) is 3.55. The van der Waals surface area contributed by atoms with Gasteiger partial charge in [0.2, 0.25) is 4.77 Å². The fourth-order valence-corrected chi connectivity index (χ4v) is 2.30. The molecule has 124 valence electrons. The van der Waals surface area contributed by atoms with Crippen molar-refractivity contribution in [3.05, 3.63) is 34.4 Å². The van der Waals surface area contributed by atoms with Crippen LogP contribution in [0.15, 0.2) is 23.3 Å². The molecule has 0 aliphatic heterocycles. The second-order valence-corrected chi connectivity index (χ2v) is 5.33. The van der Waals surface area contributed by atoms with Crippen molar-refractivity contribution in [2.24, 2.45) is 5.10 Å². The van der Waals surface area contributed by atoms with Crippen molar-refractivity contribution in [3.63, 3.8) is 0 Å². The Hall–Kier alpha value is -2.15. The molecule has 0 bridgehead atoms. The smallest absolute Gasteiger partial charge is 0.216 e. The number of aromatic nitrogens is 3. The molecule has 2 aromatic rings. The maximum atomic E-state index is 5.51. The largest absolute Gasteiger partial charge is 0.493 e. The van der Waals surface area contributed by atoms with Crippen molar-refractivity contribution >= 4 is 18.4 Å². The van der Waals surface area contributed by atoms with Gasteiger partial charge >= 0.3 is 0 Å². The summed E-state index contributed by atoms with van der Waals surface area (Å²) in [5.74, 6) is 2.24. The molecule has 0 saturated heterocycles. The van der Waals surface area contributed by atoms with Crippen LogP contribution in [0.5, 0.6) is 11.5 Å². The predicted molar refractivity (Wildman–Crippen MR) is 93.2 cm³/mol. The van der Waals surface area contributed by atoms with Crippen molar-refractivity contribution in [2.75, 3.05) is 13.7 Å². The van der Waals surface area contributed by atoms with Crippen LogP contribution in [0.2, 0.25) is 0 Å². The molecule has 23 heavy (non-hydrogen) atoms. The normalized spacial score (nSPS) is 11.1. The van der Waals surface area contributed by atoms with E-state index in [-0.39, 0.29) is 0 Å². The number of aromatic amines is 1. The third kappa shape index (κ3) is 4.41. The first-order chi connectivity index (χ1) is 11.2. The number of hydrogen-bond acceptors (Lipinski definition) is 5. The quantitative estimate of drug-likeness (QED) is 0.592. The molecule has 7 heteroatoms. The van der Waals surface area contributed by atoms with E-state index in [1.807, 2.05) is 25.1 Å². The Kier molecular flexibility index (Phi) is 6.34. The summed E-state index contributed by atoms with van der Waals surface area (Å²) >= 11 is 5.23. The molecule has 1 heterocycles. The van der Waals surface area contributed by atoms with Crippen LogP contribution in [-0.4, -0.2) is 34.8 Å². The molecule has 0 aliphatic rings. The molecule has 0 amide bonds. The Balaban J connectivity index is 2.23. The highest BCUT2D eigenvalue weighted by atomic mass is 32.1. The van der Waals surface area contributed by atoms with Crippen molar-refractivity contribution in [2.45, 2.75) is 33.1 Å². The SMILES string of the molecule is CCCCc1n[nH]c(=S)n1/N=C\c1ccc(OCC)c(OC)c1. The van der Waals surface area contributed by atoms with Crippen LogP contribution >= 0.6 is 12.2 Å². The fraction of sp³-hybridized carbons (Fsp3) is 0.438. The lowest BCUT2D eigenvalue weighted by Gasteiger charge is -2.09. The summed E-state index contributed by atoms with van der Waals surface area (Å²) in [6.45, 7) is 4.67. The van der Waals surface area contributed by atoms with Gasteiger partial charge in [0.1, 0.15) is 0 Å². The highest BCUT2D eigenvalue weighted by Crippen LogP contribution is 2.27. The van der Waals surface area contributed by atoms with Crippen LogP contribution in [0.3, 0.4) is 0 Å². The van der Waals surface area contributed by atoms with Crippen LogP contribution in [0.25, 0.3) is 0 Å². The molecule has 2 rings (SSSR count). The molecule has 1 aromatic heterocycles. The summed E-state index contributed by atoms with van der Waals surface area (Å²) in [6, 6.07) is 5.67. The molecule has 1 aromatic carbocycles. The maximum Gasteiger partial charge on any atom is 0.216 e. The van der Waals surface area contributed by atoms with Gasteiger partial charge in [-0.3, -0.25) is 5.10 Å². The van der Waals surface area contributed by atoms with Gasteiger partial charge in [-0.15, -0.1) is 0 Å². The second-order valence-electron chi connectivity index (χ2n) is 4.95. The highest BCUT2D eigenvalue weighted by molar-refractivity contribution is 7.71. The van der Waals surface area contributed by atoms with Gasteiger partial charge in [0.25, 0.3) is 0 Å². The van der Waals surface area contributed by atoms with E-state index >= 15 is 0 Å². The topological polar surface area (TPSA) is 64.4 Å². The summed E-state index contributed by atoms with van der Waals surface area (Å²) < 4.78 is 13.0. The van der Waals surface area contributed by atoms with E-state index in [2.05, 4.69) is 22.2 Å². The van der Waals surface area contributed by atoms with Gasteiger partial charge in [0.05, 0.1) is 19.9 Å². The summed E-state index contributed by atoms with van der Waals surface area (Å²) in [5.41, 5.74) is 0.898. The average molecular weight is 334 g/mol. The summed E-state index contributed by atoms with van der Waals surface area (Å²) in [7, 11) is 1.62. The lowest BCUT2D eigenvalue weighted by Crippen LogP contribution is -2.00. The molecule has 6 nitrogen and oxygen atoms in total. The zero-order valence-electron chi connectivity index (χ0n) is 13.7. The van der Waals surface area contributed by atoms with Gasteiger partial charge in [-0.1, -0.05) is 13.3 Å². The second kappa shape index (κ2) is 8.47. The Morgan fingerprint density at radius 2 is 2.17 bits per heavy atom. The zero-order chi connectivity index (χ0) is 16.7. The molecule has 0 aliphatic carbocycles. The van der Waals surface area contributed by atoms with E-state index in [0.29, 0.717) is 17.1 Å². The van der Waals surface area contributed by atoms with Crippen LogP contribution in [0.1, 0.15) is 38.1 Å². The lowest BCUT2D eigenvalue weighted by atomic mass is 10.2. The summed E-state index contributed by atoms with van der Waals surface area (Å²) in [4.78, 5) is 0. The number of aryl methyl sites for hydroxylation is 1. The van der Waals surface area contributed by atoms with Gasteiger partial charge in [-0.05, 0) is 49.3 Å². The fourth-order valence-electron chi connectivity index (χ4n) is 2.10. The number of nitrogens with one attached hydrogen (secondary N) is 1. The predicted octanol–water partition coefficient (Wildman–Crippen LogP) is 3.57. The monoisotopic (exact) mass is 334 g/mol. The minimum atomic E-state index is 0.491. The Bertz CT molecular complexity index is 721. The molecule has 0 fully saturated rings. The number of unbranched alkanes of at least 4 members (excludes halogenated alkanes) is 1. The number of hydrogen-bond donors (Lipinski definition) is 1. The molecular weight excluding hydrogens is 312 g/mol. The molecule has 0 atom stereocenters. The average Bonchev–Trinajstić information content (AvgIpc) is 2.92. The van der Waals surface area contributed by atoms with Gasteiger partial charge < -0.3 is 9.47 Å². The Morgan fingerprint density at radius 3 is 2.87 bits per heavy atom. The van der Waals surface area contributed by atoms with Gasteiger partial charge in [0.15, 0.2) is 17.3 Å². The van der Waals surface area contributed by atoms with Crippen molar-refractivity contribution in [1.82, 2.24) is 14.9 Å². The van der Waals surface area contributed by atoms with Crippen LogP contribution < -0.4 is 9.47 Å². The van der Waals surface area contributed by atoms with Crippen LogP contribution in [0.4, 0.5) is 0 Å². The highest BCUT2D eigenvalue weighted by Gasteiger charge is 2.06. The number of rotatable bonds is 8. The maximum absolute atomic E-state index is 5.51. The molecule has 0 radical (unpaired) electrons. The number of H-pyrrole nitrogens is 1. The number of benzene rings is 1. The van der Waals surface area contributed by atoms with E-state index < -0.39 is 0 Å².